The maximum Gasteiger partial charge on any atom is 0.317 e. The molecule has 0 aliphatic rings. The number of hydrogen-bond donors (Lipinski definition) is 2. The number of carbonyl (C=O) groups excluding carboxylic acids is 1. The van der Waals surface area contributed by atoms with Crippen molar-refractivity contribution in [2.75, 3.05) is 20.2 Å². The molecule has 0 saturated heterocycles. The summed E-state index contributed by atoms with van der Waals surface area (Å²) in [5.41, 5.74) is 0.964. The summed E-state index contributed by atoms with van der Waals surface area (Å²) in [5, 5.41) is 11.2. The fourth-order valence-electron chi connectivity index (χ4n) is 1.38. The van der Waals surface area contributed by atoms with Crippen LogP contribution in [0.25, 0.3) is 0 Å². The van der Waals surface area contributed by atoms with E-state index in [9.17, 15) is 9.18 Å². The van der Waals surface area contributed by atoms with Crippen LogP contribution in [0.1, 0.15) is 18.1 Å². The van der Waals surface area contributed by atoms with Crippen LogP contribution in [0.2, 0.25) is 0 Å². The second-order valence-electron chi connectivity index (χ2n) is 3.94. The Morgan fingerprint density at radius 1 is 1.53 bits per heavy atom. The number of aliphatic hydroxyl groups excluding tert-OH is 1. The normalized spacial score (nSPS) is 9.47. The molecule has 0 saturated carbocycles. The predicted molar refractivity (Wildman–Crippen MR) is 70.9 cm³/mol. The fraction of sp³-hybridized carbons (Fsp3) is 0.357. The Kier molecular flexibility index (Phi) is 5.83. The van der Waals surface area contributed by atoms with Crippen LogP contribution >= 0.6 is 0 Å². The van der Waals surface area contributed by atoms with Crippen LogP contribution in [-0.2, 0) is 6.54 Å². The first-order valence-electron chi connectivity index (χ1n) is 5.95. The zero-order chi connectivity index (χ0) is 14.3. The lowest BCUT2D eigenvalue weighted by atomic mass is 10.1. The van der Waals surface area contributed by atoms with Crippen molar-refractivity contribution >= 4 is 6.03 Å². The third-order valence-corrected chi connectivity index (χ3v) is 2.61. The van der Waals surface area contributed by atoms with Gasteiger partial charge in [0.05, 0.1) is 0 Å². The molecule has 0 fully saturated rings. The van der Waals surface area contributed by atoms with Gasteiger partial charge in [0.25, 0.3) is 0 Å². The van der Waals surface area contributed by atoms with E-state index in [4.69, 9.17) is 5.11 Å². The summed E-state index contributed by atoms with van der Waals surface area (Å²) >= 11 is 0. The van der Waals surface area contributed by atoms with E-state index in [1.165, 1.54) is 17.0 Å². The lowest BCUT2D eigenvalue weighted by Crippen LogP contribution is -2.36. The van der Waals surface area contributed by atoms with E-state index in [0.717, 1.165) is 0 Å². The molecule has 0 radical (unpaired) electrons. The van der Waals surface area contributed by atoms with Gasteiger partial charge in [0.2, 0.25) is 0 Å². The topological polar surface area (TPSA) is 52.6 Å². The Morgan fingerprint density at radius 2 is 2.26 bits per heavy atom. The molecule has 0 unspecified atom stereocenters. The first-order chi connectivity index (χ1) is 9.08. The van der Waals surface area contributed by atoms with Gasteiger partial charge in [-0.15, -0.1) is 0 Å². The first-order valence-corrected chi connectivity index (χ1v) is 5.95. The number of aliphatic hydroxyl groups is 1. The van der Waals surface area contributed by atoms with E-state index in [0.29, 0.717) is 17.7 Å². The van der Waals surface area contributed by atoms with Crippen LogP contribution in [0.15, 0.2) is 18.2 Å². The maximum atomic E-state index is 13.6. The summed E-state index contributed by atoms with van der Waals surface area (Å²) in [4.78, 5) is 13.0. The van der Waals surface area contributed by atoms with Crippen LogP contribution in [0.3, 0.4) is 0 Å². The molecule has 1 aromatic carbocycles. The van der Waals surface area contributed by atoms with Crippen molar-refractivity contribution in [3.63, 3.8) is 0 Å². The summed E-state index contributed by atoms with van der Waals surface area (Å²) in [6, 6.07) is 4.13. The zero-order valence-corrected chi connectivity index (χ0v) is 11.0. The Hall–Kier alpha value is -2.06. The SMILES string of the molecule is CCN(C)C(=O)NCc1cc(C#CCO)ccc1F. The van der Waals surface area contributed by atoms with Gasteiger partial charge in [-0.05, 0) is 25.1 Å². The summed E-state index contributed by atoms with van der Waals surface area (Å²) in [5.74, 6) is 4.79. The summed E-state index contributed by atoms with van der Waals surface area (Å²) in [6.07, 6.45) is 0. The van der Waals surface area contributed by atoms with Gasteiger partial charge >= 0.3 is 6.03 Å². The number of urea groups is 1. The molecule has 0 aliphatic heterocycles. The lowest BCUT2D eigenvalue weighted by molar-refractivity contribution is 0.210. The van der Waals surface area contributed by atoms with E-state index in [2.05, 4.69) is 17.2 Å². The molecule has 2 amide bonds. The van der Waals surface area contributed by atoms with Crippen LogP contribution < -0.4 is 5.32 Å². The molecule has 0 spiro atoms. The van der Waals surface area contributed by atoms with Crippen molar-refractivity contribution in [1.29, 1.82) is 0 Å². The van der Waals surface area contributed by atoms with Crippen LogP contribution in [-0.4, -0.2) is 36.2 Å². The number of rotatable bonds is 3. The van der Waals surface area contributed by atoms with E-state index >= 15 is 0 Å². The molecule has 1 aromatic rings. The van der Waals surface area contributed by atoms with Crippen molar-refractivity contribution in [3.05, 3.63) is 35.1 Å². The van der Waals surface area contributed by atoms with Crippen LogP contribution in [0.5, 0.6) is 0 Å². The molecular formula is C14H17FN2O2. The van der Waals surface area contributed by atoms with Crippen molar-refractivity contribution in [3.8, 4) is 11.8 Å². The van der Waals surface area contributed by atoms with E-state index in [1.54, 1.807) is 13.1 Å². The molecule has 19 heavy (non-hydrogen) atoms. The van der Waals surface area contributed by atoms with Gasteiger partial charge in [0.15, 0.2) is 0 Å². The minimum absolute atomic E-state index is 0.101. The third kappa shape index (κ3) is 4.60. The van der Waals surface area contributed by atoms with Crippen molar-refractivity contribution in [2.24, 2.45) is 0 Å². The van der Waals surface area contributed by atoms with Crippen molar-refractivity contribution in [2.45, 2.75) is 13.5 Å². The smallest absolute Gasteiger partial charge is 0.317 e. The highest BCUT2D eigenvalue weighted by Crippen LogP contribution is 2.10. The summed E-state index contributed by atoms with van der Waals surface area (Å²) in [6.45, 7) is 2.29. The molecule has 0 bridgehead atoms. The Balaban J connectivity index is 2.74. The predicted octanol–water partition coefficient (Wildman–Crippen LogP) is 1.33. The number of hydrogen-bond acceptors (Lipinski definition) is 2. The summed E-state index contributed by atoms with van der Waals surface area (Å²) < 4.78 is 13.6. The molecular weight excluding hydrogens is 247 g/mol. The molecule has 102 valence electrons. The number of benzene rings is 1. The minimum Gasteiger partial charge on any atom is -0.384 e. The van der Waals surface area contributed by atoms with Crippen molar-refractivity contribution < 1.29 is 14.3 Å². The third-order valence-electron chi connectivity index (χ3n) is 2.61. The highest BCUT2D eigenvalue weighted by Gasteiger charge is 2.08. The minimum atomic E-state index is -0.394. The largest absolute Gasteiger partial charge is 0.384 e. The fourth-order valence-corrected chi connectivity index (χ4v) is 1.38. The molecule has 4 nitrogen and oxygen atoms in total. The molecule has 5 heteroatoms. The van der Waals surface area contributed by atoms with Crippen LogP contribution in [0, 0.1) is 17.7 Å². The van der Waals surface area contributed by atoms with Crippen LogP contribution in [0.4, 0.5) is 9.18 Å². The summed E-state index contributed by atoms with van der Waals surface area (Å²) in [7, 11) is 1.66. The Morgan fingerprint density at radius 3 is 2.89 bits per heavy atom. The second kappa shape index (κ2) is 7.39. The molecule has 1 rings (SSSR count). The maximum absolute atomic E-state index is 13.6. The Bertz CT molecular complexity index is 506. The first kappa shape index (κ1) is 15.0. The number of carbonyl (C=O) groups is 1. The van der Waals surface area contributed by atoms with E-state index < -0.39 is 5.82 Å². The van der Waals surface area contributed by atoms with Gasteiger partial charge in [0.1, 0.15) is 12.4 Å². The van der Waals surface area contributed by atoms with Crippen molar-refractivity contribution in [1.82, 2.24) is 10.2 Å². The number of nitrogens with one attached hydrogen (secondary N) is 1. The zero-order valence-electron chi connectivity index (χ0n) is 11.0. The van der Waals surface area contributed by atoms with Gasteiger partial charge in [0, 0.05) is 31.3 Å². The monoisotopic (exact) mass is 264 g/mol. The molecule has 0 aliphatic carbocycles. The van der Waals surface area contributed by atoms with Gasteiger partial charge in [-0.2, -0.15) is 0 Å². The lowest BCUT2D eigenvalue weighted by Gasteiger charge is -2.15. The molecule has 2 N–H and O–H groups in total. The molecule has 0 heterocycles. The number of amides is 2. The highest BCUT2D eigenvalue weighted by atomic mass is 19.1. The Labute approximate surface area is 112 Å². The molecule has 0 atom stereocenters. The van der Waals surface area contributed by atoms with Gasteiger partial charge in [-0.3, -0.25) is 0 Å². The standard InChI is InChI=1S/C14H17FN2O2/c1-3-17(2)14(19)16-10-12-9-11(5-4-8-18)6-7-13(12)15/h6-7,9,18H,3,8,10H2,1-2H3,(H,16,19). The second-order valence-corrected chi connectivity index (χ2v) is 3.94. The highest BCUT2D eigenvalue weighted by molar-refractivity contribution is 5.73. The average molecular weight is 264 g/mol. The van der Waals surface area contributed by atoms with Gasteiger partial charge in [-0.25, -0.2) is 9.18 Å². The van der Waals surface area contributed by atoms with Gasteiger partial charge < -0.3 is 15.3 Å². The number of halogens is 1. The van der Waals surface area contributed by atoms with E-state index in [1.807, 2.05) is 6.92 Å². The number of nitrogens with zero attached hydrogens (tertiary/aromatic N) is 1. The average Bonchev–Trinajstić information content (AvgIpc) is 2.43. The van der Waals surface area contributed by atoms with Gasteiger partial charge in [-0.1, -0.05) is 11.8 Å². The van der Waals surface area contributed by atoms with E-state index in [-0.39, 0.29) is 19.2 Å². The molecule has 0 aromatic heterocycles. The quantitative estimate of drug-likeness (QED) is 0.809.